The van der Waals surface area contributed by atoms with Crippen LogP contribution in [0.2, 0.25) is 5.02 Å². The van der Waals surface area contributed by atoms with E-state index in [0.29, 0.717) is 10.7 Å². The maximum Gasteiger partial charge on any atom is 0.341 e. The van der Waals surface area contributed by atoms with Gasteiger partial charge in [0.2, 0.25) is 0 Å². The lowest BCUT2D eigenvalue weighted by atomic mass is 10.1. The molecule has 2 aromatic rings. The number of hydrogen-bond acceptors (Lipinski definition) is 5. The van der Waals surface area contributed by atoms with Crippen molar-refractivity contribution in [2.45, 2.75) is 32.1 Å². The summed E-state index contributed by atoms with van der Waals surface area (Å²) in [4.78, 5) is 18.3. The molecular formula is C22H26ClN3O2S2. The van der Waals surface area contributed by atoms with Crippen LogP contribution in [0.1, 0.15) is 40.1 Å². The van der Waals surface area contributed by atoms with Crippen molar-refractivity contribution >= 4 is 56.9 Å². The summed E-state index contributed by atoms with van der Waals surface area (Å²) in [6.45, 7) is 3.37. The van der Waals surface area contributed by atoms with Crippen molar-refractivity contribution in [2.75, 3.05) is 43.5 Å². The zero-order valence-corrected chi connectivity index (χ0v) is 19.5. The molecule has 1 aliphatic heterocycles. The fourth-order valence-corrected chi connectivity index (χ4v) is 5.98. The molecule has 0 radical (unpaired) electrons. The van der Waals surface area contributed by atoms with E-state index in [4.69, 9.17) is 28.6 Å². The van der Waals surface area contributed by atoms with Crippen LogP contribution in [-0.2, 0) is 17.6 Å². The predicted octanol–water partition coefficient (Wildman–Crippen LogP) is 4.98. The van der Waals surface area contributed by atoms with Gasteiger partial charge in [-0.25, -0.2) is 4.79 Å². The molecule has 0 unspecified atom stereocenters. The third kappa shape index (κ3) is 4.58. The van der Waals surface area contributed by atoms with Gasteiger partial charge >= 0.3 is 5.97 Å². The number of anilines is 2. The molecule has 1 fully saturated rings. The molecule has 4 rings (SSSR count). The first-order valence-electron chi connectivity index (χ1n) is 10.4. The van der Waals surface area contributed by atoms with Crippen LogP contribution in [0.4, 0.5) is 10.7 Å². The number of esters is 1. The molecule has 2 aliphatic rings. The number of nitrogens with one attached hydrogen (secondary N) is 1. The number of ether oxygens (including phenoxy) is 1. The predicted molar refractivity (Wildman–Crippen MR) is 128 cm³/mol. The van der Waals surface area contributed by atoms with Gasteiger partial charge in [0.1, 0.15) is 5.00 Å². The van der Waals surface area contributed by atoms with Gasteiger partial charge in [0.05, 0.1) is 12.7 Å². The number of carbonyl (C=O) groups is 1. The number of thiocarbonyl (C=S) groups is 1. The number of hydrogen-bond donors (Lipinski definition) is 1. The van der Waals surface area contributed by atoms with Crippen LogP contribution in [0, 0.1) is 0 Å². The molecule has 160 valence electrons. The molecule has 0 bridgehead atoms. The van der Waals surface area contributed by atoms with Crippen molar-refractivity contribution in [3.05, 3.63) is 45.3 Å². The lowest BCUT2D eigenvalue weighted by Gasteiger charge is -2.37. The van der Waals surface area contributed by atoms with E-state index in [1.54, 1.807) is 11.3 Å². The van der Waals surface area contributed by atoms with Crippen molar-refractivity contribution in [3.8, 4) is 0 Å². The Bertz CT molecular complexity index is 938. The maximum absolute atomic E-state index is 12.5. The minimum Gasteiger partial charge on any atom is -0.465 e. The van der Waals surface area contributed by atoms with E-state index in [9.17, 15) is 4.79 Å². The third-order valence-corrected chi connectivity index (χ3v) is 7.57. The summed E-state index contributed by atoms with van der Waals surface area (Å²) in [5.74, 6) is -0.273. The van der Waals surface area contributed by atoms with Gasteiger partial charge in [-0.3, -0.25) is 0 Å². The molecule has 0 saturated carbocycles. The second-order valence-electron chi connectivity index (χ2n) is 7.64. The Morgan fingerprint density at radius 2 is 1.93 bits per heavy atom. The monoisotopic (exact) mass is 463 g/mol. The summed E-state index contributed by atoms with van der Waals surface area (Å²) in [5.41, 5.74) is 2.97. The maximum atomic E-state index is 12.5. The van der Waals surface area contributed by atoms with E-state index < -0.39 is 0 Å². The van der Waals surface area contributed by atoms with Gasteiger partial charge in [-0.15, -0.1) is 11.3 Å². The van der Waals surface area contributed by atoms with Crippen molar-refractivity contribution in [1.29, 1.82) is 0 Å². The molecule has 0 atom stereocenters. The van der Waals surface area contributed by atoms with Gasteiger partial charge < -0.3 is 19.9 Å². The summed E-state index contributed by atoms with van der Waals surface area (Å²) in [7, 11) is 1.44. The quantitative estimate of drug-likeness (QED) is 0.393. The van der Waals surface area contributed by atoms with Crippen LogP contribution >= 0.6 is 35.2 Å². The first kappa shape index (κ1) is 21.4. The van der Waals surface area contributed by atoms with Crippen LogP contribution in [-0.4, -0.2) is 49.3 Å². The number of aryl methyl sites for hydroxylation is 1. The highest BCUT2D eigenvalue weighted by Gasteiger charge is 2.27. The van der Waals surface area contributed by atoms with E-state index in [1.165, 1.54) is 24.8 Å². The molecule has 30 heavy (non-hydrogen) atoms. The molecule has 5 nitrogen and oxygen atoms in total. The van der Waals surface area contributed by atoms with Gasteiger partial charge in [-0.2, -0.15) is 0 Å². The van der Waals surface area contributed by atoms with Gasteiger partial charge in [0.25, 0.3) is 0 Å². The second-order valence-corrected chi connectivity index (χ2v) is 9.57. The van der Waals surface area contributed by atoms with Crippen LogP contribution in [0.3, 0.4) is 0 Å². The molecule has 1 aromatic carbocycles. The number of piperazine rings is 1. The Morgan fingerprint density at radius 1 is 1.17 bits per heavy atom. The van der Waals surface area contributed by atoms with Gasteiger partial charge in [0.15, 0.2) is 5.11 Å². The largest absolute Gasteiger partial charge is 0.465 e. The topological polar surface area (TPSA) is 44.8 Å². The van der Waals surface area contributed by atoms with Gasteiger partial charge in [0, 0.05) is 41.8 Å². The second kappa shape index (κ2) is 9.54. The fraction of sp³-hybridized carbons (Fsp3) is 0.455. The Balaban J connectivity index is 1.45. The highest BCUT2D eigenvalue weighted by atomic mass is 35.5. The lowest BCUT2D eigenvalue weighted by molar-refractivity contribution is 0.0601. The molecule has 0 amide bonds. The number of fused-ring (bicyclic) bond motifs is 1. The van der Waals surface area contributed by atoms with E-state index in [-0.39, 0.29) is 5.97 Å². The number of methoxy groups -OCH3 is 1. The Hall–Kier alpha value is -1.83. The molecule has 1 aliphatic carbocycles. The van der Waals surface area contributed by atoms with Crippen LogP contribution in [0.5, 0.6) is 0 Å². The van der Waals surface area contributed by atoms with Crippen molar-refractivity contribution in [1.82, 2.24) is 4.90 Å². The van der Waals surface area contributed by atoms with Crippen molar-refractivity contribution in [3.63, 3.8) is 0 Å². The zero-order chi connectivity index (χ0) is 21.1. The zero-order valence-electron chi connectivity index (χ0n) is 17.1. The van der Waals surface area contributed by atoms with E-state index in [0.717, 1.165) is 66.7 Å². The van der Waals surface area contributed by atoms with Gasteiger partial charge in [-0.1, -0.05) is 24.1 Å². The molecule has 1 N–H and O–H groups in total. The number of nitrogens with zero attached hydrogens (tertiary/aromatic N) is 2. The molecule has 1 aromatic heterocycles. The lowest BCUT2D eigenvalue weighted by Crippen LogP contribution is -2.50. The Labute approximate surface area is 192 Å². The van der Waals surface area contributed by atoms with Crippen molar-refractivity contribution in [2.24, 2.45) is 0 Å². The highest BCUT2D eigenvalue weighted by Crippen LogP contribution is 2.38. The molecule has 8 heteroatoms. The minimum absolute atomic E-state index is 0.273. The highest BCUT2D eigenvalue weighted by molar-refractivity contribution is 7.80. The van der Waals surface area contributed by atoms with Crippen LogP contribution < -0.4 is 10.2 Å². The smallest absolute Gasteiger partial charge is 0.341 e. The normalized spacial score (nSPS) is 16.6. The summed E-state index contributed by atoms with van der Waals surface area (Å²) in [5, 5.41) is 5.62. The fourth-order valence-electron chi connectivity index (χ4n) is 4.17. The Kier molecular flexibility index (Phi) is 6.80. The first-order chi connectivity index (χ1) is 14.6. The number of halogens is 1. The molecule has 2 heterocycles. The average Bonchev–Trinajstić information content (AvgIpc) is 2.93. The number of rotatable bonds is 3. The molecule has 0 spiro atoms. The van der Waals surface area contributed by atoms with Gasteiger partial charge in [-0.05, 0) is 61.7 Å². The minimum atomic E-state index is -0.273. The third-order valence-electron chi connectivity index (χ3n) is 5.77. The van der Waals surface area contributed by atoms with E-state index in [1.807, 2.05) is 18.2 Å². The Morgan fingerprint density at radius 3 is 2.67 bits per heavy atom. The first-order valence-corrected chi connectivity index (χ1v) is 12.0. The summed E-state index contributed by atoms with van der Waals surface area (Å²) in [6, 6.07) is 7.95. The standard InChI is InChI=1S/C22H26ClN3O2S2/c1-28-21(27)19-17-8-3-2-4-9-18(17)30-20(19)24-22(29)26-12-10-25(11-13-26)16-7-5-6-15(23)14-16/h5-7,14H,2-4,8-13H2,1H3,(H,24,29). The summed E-state index contributed by atoms with van der Waals surface area (Å²) in [6.07, 6.45) is 5.45. The van der Waals surface area contributed by atoms with Crippen molar-refractivity contribution < 1.29 is 9.53 Å². The van der Waals surface area contributed by atoms with E-state index >= 15 is 0 Å². The summed E-state index contributed by atoms with van der Waals surface area (Å²) < 4.78 is 5.10. The average molecular weight is 464 g/mol. The van der Waals surface area contributed by atoms with E-state index in [2.05, 4.69) is 21.2 Å². The number of benzene rings is 1. The SMILES string of the molecule is COC(=O)c1c(NC(=S)N2CCN(c3cccc(Cl)c3)CC2)sc2c1CCCCC2. The van der Waals surface area contributed by atoms with Crippen LogP contribution in [0.15, 0.2) is 24.3 Å². The summed E-state index contributed by atoms with van der Waals surface area (Å²) >= 11 is 13.5. The molecular weight excluding hydrogens is 438 g/mol. The molecule has 1 saturated heterocycles. The number of carbonyl (C=O) groups excluding carboxylic acids is 1. The number of thiophene rings is 1. The van der Waals surface area contributed by atoms with Crippen LogP contribution in [0.25, 0.3) is 0 Å².